The average molecular weight is 336 g/mol. The molecule has 3 aliphatic carbocycles. The molecule has 0 saturated heterocycles. The lowest BCUT2D eigenvalue weighted by molar-refractivity contribution is -0.137. The van der Waals surface area contributed by atoms with Crippen molar-refractivity contribution in [2.75, 3.05) is 13.2 Å². The fraction of sp³-hybridized carbons (Fsp3) is 0.895. The molecule has 3 saturated carbocycles. The number of nitrogens with one attached hydrogen (secondary N) is 1. The van der Waals surface area contributed by atoms with E-state index in [1.165, 1.54) is 25.7 Å². The van der Waals surface area contributed by atoms with Crippen molar-refractivity contribution < 1.29 is 14.7 Å². The second-order valence-corrected chi connectivity index (χ2v) is 7.96. The molecule has 2 N–H and O–H groups in total. The SMILES string of the molecule is O=C(CC1CCCC1)NC1CCC(C(=O)N(CCO)C2CC2)CC1. The summed E-state index contributed by atoms with van der Waals surface area (Å²) in [6, 6.07) is 0.614. The van der Waals surface area contributed by atoms with Gasteiger partial charge in [-0.05, 0) is 57.3 Å². The van der Waals surface area contributed by atoms with Crippen molar-refractivity contribution in [2.24, 2.45) is 11.8 Å². The maximum absolute atomic E-state index is 12.7. The Kier molecular flexibility index (Phi) is 6.14. The van der Waals surface area contributed by atoms with E-state index >= 15 is 0 Å². The van der Waals surface area contributed by atoms with Gasteiger partial charge >= 0.3 is 0 Å². The smallest absolute Gasteiger partial charge is 0.226 e. The zero-order valence-electron chi connectivity index (χ0n) is 14.7. The standard InChI is InChI=1S/C19H32N2O3/c22-12-11-21(17-9-10-17)19(24)15-5-7-16(8-6-15)20-18(23)13-14-3-1-2-4-14/h14-17,22H,1-13H2,(H,20,23). The minimum Gasteiger partial charge on any atom is -0.395 e. The van der Waals surface area contributed by atoms with E-state index in [0.29, 0.717) is 24.9 Å². The Labute approximate surface area is 145 Å². The van der Waals surface area contributed by atoms with E-state index in [9.17, 15) is 14.7 Å². The molecule has 3 rings (SSSR count). The molecule has 5 heteroatoms. The Hall–Kier alpha value is -1.10. The third-order valence-electron chi connectivity index (χ3n) is 6.00. The van der Waals surface area contributed by atoms with Crippen LogP contribution in [0.15, 0.2) is 0 Å². The predicted molar refractivity (Wildman–Crippen MR) is 92.3 cm³/mol. The first-order chi connectivity index (χ1) is 11.7. The molecular formula is C19H32N2O3. The number of hydrogen-bond donors (Lipinski definition) is 2. The van der Waals surface area contributed by atoms with Gasteiger partial charge in [0.1, 0.15) is 0 Å². The van der Waals surface area contributed by atoms with Crippen molar-refractivity contribution in [2.45, 2.75) is 82.7 Å². The van der Waals surface area contributed by atoms with E-state index < -0.39 is 0 Å². The minimum atomic E-state index is 0.0504. The van der Waals surface area contributed by atoms with Gasteiger partial charge in [-0.3, -0.25) is 9.59 Å². The maximum atomic E-state index is 12.7. The number of hydrogen-bond acceptors (Lipinski definition) is 3. The van der Waals surface area contributed by atoms with Crippen LogP contribution < -0.4 is 5.32 Å². The first kappa shape index (κ1) is 17.7. The highest BCUT2D eigenvalue weighted by Crippen LogP contribution is 2.32. The van der Waals surface area contributed by atoms with Crippen LogP contribution in [0.5, 0.6) is 0 Å². The lowest BCUT2D eigenvalue weighted by Gasteiger charge is -2.32. The Bertz CT molecular complexity index is 436. The summed E-state index contributed by atoms with van der Waals surface area (Å²) < 4.78 is 0. The monoisotopic (exact) mass is 336 g/mol. The van der Waals surface area contributed by atoms with Crippen molar-refractivity contribution in [3.05, 3.63) is 0 Å². The van der Waals surface area contributed by atoms with Crippen LogP contribution in [0.4, 0.5) is 0 Å². The number of carbonyl (C=O) groups excluding carboxylic acids is 2. The third-order valence-corrected chi connectivity index (χ3v) is 6.00. The Balaban J connectivity index is 1.40. The number of rotatable bonds is 7. The molecule has 0 aromatic carbocycles. The highest BCUT2D eigenvalue weighted by atomic mass is 16.3. The maximum Gasteiger partial charge on any atom is 0.226 e. The lowest BCUT2D eigenvalue weighted by Crippen LogP contribution is -2.44. The minimum absolute atomic E-state index is 0.0504. The fourth-order valence-electron chi connectivity index (χ4n) is 4.45. The Morgan fingerprint density at radius 1 is 0.958 bits per heavy atom. The number of carbonyl (C=O) groups is 2. The van der Waals surface area contributed by atoms with Gasteiger partial charge < -0.3 is 15.3 Å². The molecule has 0 heterocycles. The molecule has 0 aromatic rings. The van der Waals surface area contributed by atoms with Gasteiger partial charge in [0.25, 0.3) is 0 Å². The van der Waals surface area contributed by atoms with E-state index in [-0.39, 0.29) is 30.4 Å². The van der Waals surface area contributed by atoms with Crippen molar-refractivity contribution in [1.82, 2.24) is 10.2 Å². The molecule has 24 heavy (non-hydrogen) atoms. The molecule has 0 unspecified atom stereocenters. The van der Waals surface area contributed by atoms with Crippen LogP contribution in [0.25, 0.3) is 0 Å². The summed E-state index contributed by atoms with van der Waals surface area (Å²) in [5.41, 5.74) is 0. The predicted octanol–water partition coefficient (Wildman–Crippen LogP) is 2.22. The summed E-state index contributed by atoms with van der Waals surface area (Å²) in [7, 11) is 0. The largest absolute Gasteiger partial charge is 0.395 e. The third kappa shape index (κ3) is 4.71. The fourth-order valence-corrected chi connectivity index (χ4v) is 4.45. The molecule has 3 aliphatic rings. The zero-order valence-corrected chi connectivity index (χ0v) is 14.7. The van der Waals surface area contributed by atoms with Crippen molar-refractivity contribution in [3.63, 3.8) is 0 Å². The molecule has 0 aliphatic heterocycles. The highest BCUT2D eigenvalue weighted by Gasteiger charge is 2.37. The van der Waals surface area contributed by atoms with Crippen molar-refractivity contribution in [3.8, 4) is 0 Å². The van der Waals surface area contributed by atoms with Gasteiger partial charge in [-0.2, -0.15) is 0 Å². The van der Waals surface area contributed by atoms with Crippen LogP contribution in [0.1, 0.15) is 70.6 Å². The summed E-state index contributed by atoms with van der Waals surface area (Å²) in [6.07, 6.45) is 11.3. The van der Waals surface area contributed by atoms with Gasteiger partial charge in [0, 0.05) is 31.0 Å². The van der Waals surface area contributed by atoms with Crippen LogP contribution in [-0.4, -0.2) is 47.1 Å². The van der Waals surface area contributed by atoms with E-state index in [2.05, 4.69) is 5.32 Å². The van der Waals surface area contributed by atoms with Crippen molar-refractivity contribution >= 4 is 11.8 Å². The van der Waals surface area contributed by atoms with Gasteiger partial charge in [0.05, 0.1) is 6.61 Å². The van der Waals surface area contributed by atoms with Gasteiger partial charge in [-0.25, -0.2) is 0 Å². The summed E-state index contributed by atoms with van der Waals surface area (Å²) in [4.78, 5) is 26.7. The Morgan fingerprint density at radius 2 is 1.62 bits per heavy atom. The zero-order chi connectivity index (χ0) is 16.9. The topological polar surface area (TPSA) is 69.6 Å². The van der Waals surface area contributed by atoms with Gasteiger partial charge in [0.2, 0.25) is 11.8 Å². The number of amides is 2. The first-order valence-electron chi connectivity index (χ1n) is 9.88. The van der Waals surface area contributed by atoms with Crippen LogP contribution in [-0.2, 0) is 9.59 Å². The molecule has 136 valence electrons. The van der Waals surface area contributed by atoms with Crippen molar-refractivity contribution in [1.29, 1.82) is 0 Å². The van der Waals surface area contributed by atoms with Crippen LogP contribution in [0.3, 0.4) is 0 Å². The summed E-state index contributed by atoms with van der Waals surface area (Å²) in [5, 5.41) is 12.4. The highest BCUT2D eigenvalue weighted by molar-refractivity contribution is 5.80. The van der Waals surface area contributed by atoms with E-state index in [4.69, 9.17) is 0 Å². The normalized spacial score (nSPS) is 27.9. The molecule has 5 nitrogen and oxygen atoms in total. The van der Waals surface area contributed by atoms with Gasteiger partial charge in [0.15, 0.2) is 0 Å². The number of nitrogens with zero attached hydrogens (tertiary/aromatic N) is 1. The second-order valence-electron chi connectivity index (χ2n) is 7.96. The quantitative estimate of drug-likeness (QED) is 0.749. The molecule has 3 fully saturated rings. The molecule has 2 amide bonds. The number of aliphatic hydroxyl groups is 1. The summed E-state index contributed by atoms with van der Waals surface area (Å²) in [6.45, 7) is 0.524. The summed E-state index contributed by atoms with van der Waals surface area (Å²) in [5.74, 6) is 1.10. The van der Waals surface area contributed by atoms with E-state index in [1.807, 2.05) is 4.90 Å². The molecular weight excluding hydrogens is 304 g/mol. The first-order valence-corrected chi connectivity index (χ1v) is 9.88. The van der Waals surface area contributed by atoms with Gasteiger partial charge in [-0.1, -0.05) is 12.8 Å². The molecule has 0 aromatic heterocycles. The van der Waals surface area contributed by atoms with E-state index in [0.717, 1.165) is 38.5 Å². The molecule has 0 spiro atoms. The molecule has 0 bridgehead atoms. The Morgan fingerprint density at radius 3 is 2.21 bits per heavy atom. The number of aliphatic hydroxyl groups excluding tert-OH is 1. The van der Waals surface area contributed by atoms with Crippen LogP contribution >= 0.6 is 0 Å². The average Bonchev–Trinajstić information content (AvgIpc) is 3.30. The molecule has 0 atom stereocenters. The molecule has 0 radical (unpaired) electrons. The van der Waals surface area contributed by atoms with E-state index in [1.54, 1.807) is 0 Å². The van der Waals surface area contributed by atoms with Gasteiger partial charge in [-0.15, -0.1) is 0 Å². The summed E-state index contributed by atoms with van der Waals surface area (Å²) >= 11 is 0. The lowest BCUT2D eigenvalue weighted by atomic mass is 9.85. The second kappa shape index (κ2) is 8.32. The van der Waals surface area contributed by atoms with Crippen LogP contribution in [0, 0.1) is 11.8 Å². The van der Waals surface area contributed by atoms with Crippen LogP contribution in [0.2, 0.25) is 0 Å².